The summed E-state index contributed by atoms with van der Waals surface area (Å²) in [6.45, 7) is 2.06. The lowest BCUT2D eigenvalue weighted by molar-refractivity contribution is -0.128. The van der Waals surface area contributed by atoms with Gasteiger partial charge < -0.3 is 5.32 Å². The van der Waals surface area contributed by atoms with Gasteiger partial charge in [0.15, 0.2) is 0 Å². The Morgan fingerprint density at radius 2 is 2.29 bits per heavy atom. The van der Waals surface area contributed by atoms with Gasteiger partial charge >= 0.3 is 0 Å². The van der Waals surface area contributed by atoms with Crippen molar-refractivity contribution in [3.8, 4) is 6.07 Å². The second kappa shape index (κ2) is 5.12. The summed E-state index contributed by atoms with van der Waals surface area (Å²) in [5, 5.41) is 13.1. The molecule has 1 fully saturated rings. The monoisotopic (exact) mass is 343 g/mol. The molecule has 1 aromatic heterocycles. The fourth-order valence-corrected chi connectivity index (χ4v) is 3.28. The number of aromatic nitrogens is 1. The Labute approximate surface area is 131 Å². The molecule has 1 saturated carbocycles. The number of halogens is 1. The van der Waals surface area contributed by atoms with Crippen LogP contribution in [-0.2, 0) is 4.79 Å². The van der Waals surface area contributed by atoms with Crippen molar-refractivity contribution in [1.82, 2.24) is 4.98 Å². The van der Waals surface area contributed by atoms with Crippen LogP contribution in [0.5, 0.6) is 0 Å². The Bertz CT molecular complexity index is 760. The summed E-state index contributed by atoms with van der Waals surface area (Å²) in [5.41, 5.74) is 0.505. The standard InChI is InChI=1S/C16H14BrN3O/c1-10-6-16(7-10,9-18)15(21)20-13-4-2-3-11-5-12(17)8-19-14(11)13/h2-5,8,10H,6-7H2,1H3,(H,20,21). The van der Waals surface area contributed by atoms with E-state index in [1.165, 1.54) is 0 Å². The number of nitriles is 1. The van der Waals surface area contributed by atoms with Crippen molar-refractivity contribution in [1.29, 1.82) is 5.26 Å². The van der Waals surface area contributed by atoms with E-state index in [0.717, 1.165) is 15.4 Å². The first-order chi connectivity index (χ1) is 10.0. The molecule has 0 atom stereocenters. The number of fused-ring (bicyclic) bond motifs is 1. The first kappa shape index (κ1) is 14.0. The zero-order valence-corrected chi connectivity index (χ0v) is 13.1. The van der Waals surface area contributed by atoms with E-state index in [1.807, 2.05) is 24.3 Å². The molecular formula is C16H14BrN3O. The van der Waals surface area contributed by atoms with Gasteiger partial charge in [0.2, 0.25) is 5.91 Å². The predicted octanol–water partition coefficient (Wildman–Crippen LogP) is 3.88. The van der Waals surface area contributed by atoms with E-state index in [9.17, 15) is 10.1 Å². The second-order valence-electron chi connectivity index (χ2n) is 5.69. The number of hydrogen-bond donors (Lipinski definition) is 1. The van der Waals surface area contributed by atoms with Gasteiger partial charge in [-0.15, -0.1) is 0 Å². The Kier molecular flexibility index (Phi) is 3.42. The maximum Gasteiger partial charge on any atom is 0.244 e. The molecule has 21 heavy (non-hydrogen) atoms. The number of carbonyl (C=O) groups is 1. The highest BCUT2D eigenvalue weighted by molar-refractivity contribution is 9.10. The summed E-state index contributed by atoms with van der Waals surface area (Å²) in [5.74, 6) is 0.206. The second-order valence-corrected chi connectivity index (χ2v) is 6.61. The molecule has 1 aliphatic carbocycles. The minimum absolute atomic E-state index is 0.222. The number of pyridine rings is 1. The van der Waals surface area contributed by atoms with Crippen molar-refractivity contribution >= 4 is 38.4 Å². The average molecular weight is 344 g/mol. The van der Waals surface area contributed by atoms with Crippen molar-refractivity contribution in [3.05, 3.63) is 34.9 Å². The molecule has 1 N–H and O–H groups in total. The lowest BCUT2D eigenvalue weighted by Gasteiger charge is -2.39. The van der Waals surface area contributed by atoms with E-state index in [1.54, 1.807) is 6.20 Å². The van der Waals surface area contributed by atoms with Crippen LogP contribution in [0.3, 0.4) is 0 Å². The van der Waals surface area contributed by atoms with Crippen LogP contribution < -0.4 is 5.32 Å². The zero-order chi connectivity index (χ0) is 15.0. The van der Waals surface area contributed by atoms with Gasteiger partial charge in [0.25, 0.3) is 0 Å². The highest BCUT2D eigenvalue weighted by Gasteiger charge is 2.49. The molecule has 0 saturated heterocycles. The van der Waals surface area contributed by atoms with E-state index in [-0.39, 0.29) is 5.91 Å². The molecule has 0 bridgehead atoms. The first-order valence-corrected chi connectivity index (χ1v) is 7.60. The van der Waals surface area contributed by atoms with Crippen molar-refractivity contribution in [2.24, 2.45) is 11.3 Å². The van der Waals surface area contributed by atoms with Crippen LogP contribution >= 0.6 is 15.9 Å². The molecule has 1 aliphatic rings. The molecule has 0 spiro atoms. The van der Waals surface area contributed by atoms with E-state index in [2.05, 4.69) is 39.2 Å². The third kappa shape index (κ3) is 2.40. The van der Waals surface area contributed by atoms with Crippen molar-refractivity contribution in [2.45, 2.75) is 19.8 Å². The van der Waals surface area contributed by atoms with Crippen LogP contribution in [0.2, 0.25) is 0 Å². The number of hydrogen-bond acceptors (Lipinski definition) is 3. The minimum Gasteiger partial charge on any atom is -0.323 e. The largest absolute Gasteiger partial charge is 0.323 e. The van der Waals surface area contributed by atoms with Crippen molar-refractivity contribution in [3.63, 3.8) is 0 Å². The molecule has 0 unspecified atom stereocenters. The van der Waals surface area contributed by atoms with Crippen molar-refractivity contribution in [2.75, 3.05) is 5.32 Å². The van der Waals surface area contributed by atoms with E-state index >= 15 is 0 Å². The number of carbonyl (C=O) groups excluding carboxylic acids is 1. The van der Waals surface area contributed by atoms with Gasteiger partial charge in [-0.1, -0.05) is 19.1 Å². The third-order valence-electron chi connectivity index (χ3n) is 3.97. The summed E-state index contributed by atoms with van der Waals surface area (Å²) in [6, 6.07) is 9.75. The summed E-state index contributed by atoms with van der Waals surface area (Å²) in [4.78, 5) is 16.8. The van der Waals surface area contributed by atoms with Gasteiger partial charge in [-0.2, -0.15) is 5.26 Å². The predicted molar refractivity (Wildman–Crippen MR) is 84.5 cm³/mol. The molecule has 2 aromatic rings. The van der Waals surface area contributed by atoms with E-state index < -0.39 is 5.41 Å². The van der Waals surface area contributed by atoms with Gasteiger partial charge in [-0.3, -0.25) is 9.78 Å². The van der Waals surface area contributed by atoms with Gasteiger partial charge in [0.05, 0.1) is 17.3 Å². The number of amides is 1. The maximum atomic E-state index is 12.4. The fourth-order valence-electron chi connectivity index (χ4n) is 2.93. The van der Waals surface area contributed by atoms with Gasteiger partial charge in [-0.05, 0) is 46.8 Å². The summed E-state index contributed by atoms with van der Waals surface area (Å²) in [6.07, 6.45) is 2.95. The van der Waals surface area contributed by atoms with Gasteiger partial charge in [0.1, 0.15) is 5.41 Å². The molecule has 106 valence electrons. The highest BCUT2D eigenvalue weighted by atomic mass is 79.9. The third-order valence-corrected chi connectivity index (χ3v) is 4.40. The Morgan fingerprint density at radius 3 is 2.95 bits per heavy atom. The van der Waals surface area contributed by atoms with E-state index in [4.69, 9.17) is 0 Å². The maximum absolute atomic E-state index is 12.4. The molecule has 5 heteroatoms. The number of rotatable bonds is 2. The smallest absolute Gasteiger partial charge is 0.244 e. The lowest BCUT2D eigenvalue weighted by Crippen LogP contribution is -2.45. The fraction of sp³-hybridized carbons (Fsp3) is 0.312. The molecule has 1 aromatic carbocycles. The van der Waals surface area contributed by atoms with Crippen LogP contribution in [0.25, 0.3) is 10.9 Å². The Hall–Kier alpha value is -1.93. The summed E-state index contributed by atoms with van der Waals surface area (Å²) in [7, 11) is 0. The normalized spacial score (nSPS) is 24.1. The van der Waals surface area contributed by atoms with Crippen LogP contribution in [-0.4, -0.2) is 10.9 Å². The minimum atomic E-state index is -0.878. The van der Waals surface area contributed by atoms with Crippen LogP contribution in [0, 0.1) is 22.7 Å². The SMILES string of the molecule is CC1CC(C#N)(C(=O)Nc2cccc3cc(Br)cnc23)C1. The molecule has 0 radical (unpaired) electrons. The Balaban J connectivity index is 1.92. The number of nitrogens with one attached hydrogen (secondary N) is 1. The lowest BCUT2D eigenvalue weighted by atomic mass is 9.63. The molecule has 3 rings (SSSR count). The summed E-state index contributed by atoms with van der Waals surface area (Å²) >= 11 is 3.38. The number of para-hydroxylation sites is 1. The molecule has 1 heterocycles. The van der Waals surface area contributed by atoms with Gasteiger partial charge in [-0.25, -0.2) is 0 Å². The highest BCUT2D eigenvalue weighted by Crippen LogP contribution is 2.45. The quantitative estimate of drug-likeness (QED) is 0.899. The average Bonchev–Trinajstić information content (AvgIpc) is 2.43. The van der Waals surface area contributed by atoms with Crippen LogP contribution in [0.4, 0.5) is 5.69 Å². The first-order valence-electron chi connectivity index (χ1n) is 6.81. The number of benzene rings is 1. The number of anilines is 1. The molecule has 0 aliphatic heterocycles. The topological polar surface area (TPSA) is 65.8 Å². The van der Waals surface area contributed by atoms with Crippen LogP contribution in [0.1, 0.15) is 19.8 Å². The summed E-state index contributed by atoms with van der Waals surface area (Å²) < 4.78 is 0.889. The van der Waals surface area contributed by atoms with E-state index in [0.29, 0.717) is 24.4 Å². The van der Waals surface area contributed by atoms with Crippen LogP contribution in [0.15, 0.2) is 34.9 Å². The number of nitrogens with zero attached hydrogens (tertiary/aromatic N) is 2. The molecule has 4 nitrogen and oxygen atoms in total. The molecular weight excluding hydrogens is 330 g/mol. The Morgan fingerprint density at radius 1 is 1.52 bits per heavy atom. The zero-order valence-electron chi connectivity index (χ0n) is 11.6. The van der Waals surface area contributed by atoms with Crippen molar-refractivity contribution < 1.29 is 4.79 Å². The van der Waals surface area contributed by atoms with Gasteiger partial charge in [0, 0.05) is 16.1 Å². The molecule has 1 amide bonds.